The molecule has 108 valence electrons. The lowest BCUT2D eigenvalue weighted by Crippen LogP contribution is -2.36. The van der Waals surface area contributed by atoms with Crippen molar-refractivity contribution in [2.75, 3.05) is 13.2 Å². The average Bonchev–Trinajstić information content (AvgIpc) is 2.91. The molecular weight excluding hydrogens is 242 g/mol. The number of hydrogen-bond acceptors (Lipinski definition) is 5. The van der Waals surface area contributed by atoms with Crippen molar-refractivity contribution >= 4 is 0 Å². The molecule has 0 aliphatic carbocycles. The highest BCUT2D eigenvalue weighted by molar-refractivity contribution is 4.92. The van der Waals surface area contributed by atoms with Crippen LogP contribution < -0.4 is 5.32 Å². The van der Waals surface area contributed by atoms with Crippen LogP contribution in [0.2, 0.25) is 0 Å². The second kappa shape index (κ2) is 6.01. The summed E-state index contributed by atoms with van der Waals surface area (Å²) in [5, 5.41) is 11.7. The molecule has 2 rings (SSSR count). The van der Waals surface area contributed by atoms with E-state index in [0.717, 1.165) is 32.4 Å². The van der Waals surface area contributed by atoms with Gasteiger partial charge in [0.2, 0.25) is 11.8 Å². The third-order valence-corrected chi connectivity index (χ3v) is 3.34. The lowest BCUT2D eigenvalue weighted by Gasteiger charge is -2.19. The first-order valence-electron chi connectivity index (χ1n) is 7.14. The maximum Gasteiger partial charge on any atom is 0.245 e. The monoisotopic (exact) mass is 267 g/mol. The van der Waals surface area contributed by atoms with Crippen molar-refractivity contribution in [2.45, 2.75) is 58.6 Å². The number of nitrogens with one attached hydrogen (secondary N) is 1. The Hall–Kier alpha value is -0.940. The van der Waals surface area contributed by atoms with Crippen molar-refractivity contribution < 1.29 is 9.15 Å². The number of aryl methyl sites for hydroxylation is 1. The number of ether oxygens (including phenoxy) is 1. The molecule has 1 aliphatic rings. The van der Waals surface area contributed by atoms with Crippen molar-refractivity contribution in [2.24, 2.45) is 5.92 Å². The molecule has 2 atom stereocenters. The highest BCUT2D eigenvalue weighted by Crippen LogP contribution is 2.33. The summed E-state index contributed by atoms with van der Waals surface area (Å²) in [5.41, 5.74) is 0.160. The van der Waals surface area contributed by atoms with E-state index in [1.807, 2.05) is 0 Å². The van der Waals surface area contributed by atoms with E-state index in [9.17, 15) is 0 Å². The molecule has 19 heavy (non-hydrogen) atoms. The lowest BCUT2D eigenvalue weighted by molar-refractivity contribution is 0.0704. The zero-order valence-electron chi connectivity index (χ0n) is 12.4. The molecule has 2 unspecified atom stereocenters. The Morgan fingerprint density at radius 3 is 2.74 bits per heavy atom. The zero-order chi connectivity index (χ0) is 13.9. The standard InChI is InChI=1S/C14H25N3O2/c1-10-7-9-18-12(10)13-17-16-11(19-13)6-5-8-15-14(2,3)4/h10,12,15H,5-9H2,1-4H3. The highest BCUT2D eigenvalue weighted by atomic mass is 16.5. The Morgan fingerprint density at radius 2 is 2.11 bits per heavy atom. The van der Waals surface area contributed by atoms with Gasteiger partial charge in [-0.15, -0.1) is 10.2 Å². The third-order valence-electron chi connectivity index (χ3n) is 3.34. The van der Waals surface area contributed by atoms with Gasteiger partial charge in [0.25, 0.3) is 0 Å². The largest absolute Gasteiger partial charge is 0.422 e. The van der Waals surface area contributed by atoms with Crippen LogP contribution in [0.4, 0.5) is 0 Å². The summed E-state index contributed by atoms with van der Waals surface area (Å²) in [6.07, 6.45) is 2.88. The summed E-state index contributed by atoms with van der Waals surface area (Å²) in [6, 6.07) is 0. The van der Waals surface area contributed by atoms with E-state index in [1.54, 1.807) is 0 Å². The topological polar surface area (TPSA) is 60.2 Å². The zero-order valence-corrected chi connectivity index (χ0v) is 12.4. The first kappa shape index (κ1) is 14.5. The van der Waals surface area contributed by atoms with Crippen LogP contribution in [-0.2, 0) is 11.2 Å². The summed E-state index contributed by atoms with van der Waals surface area (Å²) in [6.45, 7) is 10.4. The summed E-state index contributed by atoms with van der Waals surface area (Å²) in [5.74, 6) is 1.83. The molecule has 0 spiro atoms. The lowest BCUT2D eigenvalue weighted by atomic mass is 10.0. The van der Waals surface area contributed by atoms with Gasteiger partial charge in [-0.25, -0.2) is 0 Å². The molecule has 1 fully saturated rings. The first-order valence-corrected chi connectivity index (χ1v) is 7.14. The van der Waals surface area contributed by atoms with Gasteiger partial charge in [-0.2, -0.15) is 0 Å². The second-order valence-electron chi connectivity index (χ2n) is 6.37. The van der Waals surface area contributed by atoms with E-state index in [0.29, 0.717) is 17.7 Å². The number of rotatable bonds is 5. The molecular formula is C14H25N3O2. The van der Waals surface area contributed by atoms with Gasteiger partial charge in [-0.05, 0) is 46.1 Å². The molecule has 1 N–H and O–H groups in total. The second-order valence-corrected chi connectivity index (χ2v) is 6.37. The van der Waals surface area contributed by atoms with Crippen molar-refractivity contribution in [3.05, 3.63) is 11.8 Å². The minimum atomic E-state index is -0.00560. The van der Waals surface area contributed by atoms with E-state index >= 15 is 0 Å². The van der Waals surface area contributed by atoms with Crippen LogP contribution in [-0.4, -0.2) is 28.9 Å². The number of hydrogen-bond donors (Lipinski definition) is 1. The van der Waals surface area contributed by atoms with Crippen LogP contribution in [0.25, 0.3) is 0 Å². The number of nitrogens with zero attached hydrogens (tertiary/aromatic N) is 2. The predicted molar refractivity (Wildman–Crippen MR) is 72.8 cm³/mol. The average molecular weight is 267 g/mol. The van der Waals surface area contributed by atoms with Crippen LogP contribution >= 0.6 is 0 Å². The van der Waals surface area contributed by atoms with Gasteiger partial charge in [-0.3, -0.25) is 0 Å². The Morgan fingerprint density at radius 1 is 1.32 bits per heavy atom. The molecule has 1 aromatic rings. The SMILES string of the molecule is CC1CCOC1c1nnc(CCCNC(C)(C)C)o1. The van der Waals surface area contributed by atoms with Gasteiger partial charge < -0.3 is 14.5 Å². The minimum Gasteiger partial charge on any atom is -0.422 e. The summed E-state index contributed by atoms with van der Waals surface area (Å²) >= 11 is 0. The van der Waals surface area contributed by atoms with E-state index in [2.05, 4.69) is 43.2 Å². The van der Waals surface area contributed by atoms with Crippen molar-refractivity contribution in [1.29, 1.82) is 0 Å². The smallest absolute Gasteiger partial charge is 0.245 e. The van der Waals surface area contributed by atoms with Gasteiger partial charge in [0.05, 0.1) is 0 Å². The molecule has 1 aromatic heterocycles. The highest BCUT2D eigenvalue weighted by Gasteiger charge is 2.30. The fourth-order valence-electron chi connectivity index (χ4n) is 2.20. The van der Waals surface area contributed by atoms with Gasteiger partial charge in [0.1, 0.15) is 6.10 Å². The van der Waals surface area contributed by atoms with Crippen LogP contribution in [0.3, 0.4) is 0 Å². The quantitative estimate of drug-likeness (QED) is 0.831. The molecule has 0 saturated carbocycles. The van der Waals surface area contributed by atoms with Gasteiger partial charge >= 0.3 is 0 Å². The Labute approximate surface area is 115 Å². The van der Waals surface area contributed by atoms with E-state index in [4.69, 9.17) is 9.15 Å². The van der Waals surface area contributed by atoms with Crippen molar-refractivity contribution in [3.8, 4) is 0 Å². The predicted octanol–water partition coefficient (Wildman–Crippen LogP) is 2.49. The summed E-state index contributed by atoms with van der Waals surface area (Å²) in [7, 11) is 0. The molecule has 0 aromatic carbocycles. The molecule has 5 heteroatoms. The van der Waals surface area contributed by atoms with Crippen LogP contribution in [0.5, 0.6) is 0 Å². The molecule has 1 saturated heterocycles. The van der Waals surface area contributed by atoms with Crippen LogP contribution in [0.15, 0.2) is 4.42 Å². The maximum absolute atomic E-state index is 5.70. The molecule has 0 bridgehead atoms. The summed E-state index contributed by atoms with van der Waals surface area (Å²) in [4.78, 5) is 0. The van der Waals surface area contributed by atoms with Crippen molar-refractivity contribution in [3.63, 3.8) is 0 Å². The molecule has 2 heterocycles. The fourth-order valence-corrected chi connectivity index (χ4v) is 2.20. The molecule has 5 nitrogen and oxygen atoms in total. The molecule has 1 aliphatic heterocycles. The molecule has 0 radical (unpaired) electrons. The Kier molecular flexibility index (Phi) is 4.58. The Balaban J connectivity index is 1.78. The van der Waals surface area contributed by atoms with E-state index in [-0.39, 0.29) is 11.6 Å². The normalized spacial score (nSPS) is 24.0. The van der Waals surface area contributed by atoms with Gasteiger partial charge in [0.15, 0.2) is 0 Å². The van der Waals surface area contributed by atoms with Crippen LogP contribution in [0, 0.1) is 5.92 Å². The van der Waals surface area contributed by atoms with E-state index in [1.165, 1.54) is 0 Å². The van der Waals surface area contributed by atoms with Gasteiger partial charge in [0, 0.05) is 18.6 Å². The summed E-state index contributed by atoms with van der Waals surface area (Å²) < 4.78 is 11.3. The maximum atomic E-state index is 5.70. The van der Waals surface area contributed by atoms with Crippen LogP contribution in [0.1, 0.15) is 58.4 Å². The van der Waals surface area contributed by atoms with E-state index < -0.39 is 0 Å². The first-order chi connectivity index (χ1) is 8.96. The number of aromatic nitrogens is 2. The minimum absolute atomic E-state index is 0.00560. The van der Waals surface area contributed by atoms with Gasteiger partial charge in [-0.1, -0.05) is 6.92 Å². The third kappa shape index (κ3) is 4.28. The fraction of sp³-hybridized carbons (Fsp3) is 0.857. The van der Waals surface area contributed by atoms with Crippen molar-refractivity contribution in [1.82, 2.24) is 15.5 Å². The molecule has 0 amide bonds. The Bertz CT molecular complexity index is 398.